The minimum absolute atomic E-state index is 0.165. The first kappa shape index (κ1) is 16.0. The summed E-state index contributed by atoms with van der Waals surface area (Å²) in [6.07, 6.45) is 0.922. The molecule has 5 nitrogen and oxygen atoms in total. The van der Waals surface area contributed by atoms with Gasteiger partial charge in [0.2, 0.25) is 0 Å². The van der Waals surface area contributed by atoms with Crippen LogP contribution in [0, 0.1) is 0 Å². The summed E-state index contributed by atoms with van der Waals surface area (Å²) in [5.41, 5.74) is -0.606. The average Bonchev–Trinajstić information content (AvgIpc) is 2.32. The predicted molar refractivity (Wildman–Crippen MR) is 81.3 cm³/mol. The van der Waals surface area contributed by atoms with Gasteiger partial charge in [-0.1, -0.05) is 15.9 Å². The molecule has 0 bridgehead atoms. The molecule has 0 aromatic carbocycles. The van der Waals surface area contributed by atoms with Gasteiger partial charge in [-0.15, -0.1) is 0 Å². The Bertz CT molecular complexity index is 351. The van der Waals surface area contributed by atoms with Gasteiger partial charge in [0.25, 0.3) is 0 Å². The van der Waals surface area contributed by atoms with Gasteiger partial charge in [-0.05, 0) is 33.7 Å². The molecular weight excluding hydrogens is 324 g/mol. The zero-order valence-corrected chi connectivity index (χ0v) is 14.2. The normalized spacial score (nSPS) is 22.7. The van der Waals surface area contributed by atoms with E-state index in [1.165, 1.54) is 0 Å². The van der Waals surface area contributed by atoms with Crippen molar-refractivity contribution in [1.82, 2.24) is 9.80 Å². The summed E-state index contributed by atoms with van der Waals surface area (Å²) >= 11 is 3.45. The van der Waals surface area contributed by atoms with Crippen molar-refractivity contribution < 1.29 is 14.3 Å². The second-order valence-corrected chi connectivity index (χ2v) is 7.48. The highest BCUT2D eigenvalue weighted by atomic mass is 79.9. The SMILES string of the molecule is CC(C)(C)OC(=O)N1CCOC2(CN(CCCBr)C2)C1. The van der Waals surface area contributed by atoms with Gasteiger partial charge < -0.3 is 14.4 Å². The summed E-state index contributed by atoms with van der Waals surface area (Å²) in [4.78, 5) is 16.3. The second-order valence-electron chi connectivity index (χ2n) is 6.69. The van der Waals surface area contributed by atoms with Crippen molar-refractivity contribution in [2.75, 3.05) is 44.7 Å². The summed E-state index contributed by atoms with van der Waals surface area (Å²) in [7, 11) is 0. The lowest BCUT2D eigenvalue weighted by atomic mass is 9.91. The number of halogens is 1. The molecule has 0 aromatic heterocycles. The molecule has 0 radical (unpaired) electrons. The highest BCUT2D eigenvalue weighted by Crippen LogP contribution is 2.29. The Morgan fingerprint density at radius 3 is 2.65 bits per heavy atom. The molecule has 0 N–H and O–H groups in total. The van der Waals surface area contributed by atoms with Crippen LogP contribution >= 0.6 is 15.9 Å². The number of nitrogens with zero attached hydrogens (tertiary/aromatic N) is 2. The number of morpholine rings is 1. The maximum absolute atomic E-state index is 12.1. The lowest BCUT2D eigenvalue weighted by Crippen LogP contribution is -2.70. The van der Waals surface area contributed by atoms with Crippen LogP contribution in [-0.2, 0) is 9.47 Å². The first-order valence-corrected chi connectivity index (χ1v) is 8.36. The molecule has 0 aromatic rings. The zero-order valence-electron chi connectivity index (χ0n) is 12.7. The molecule has 2 heterocycles. The molecule has 2 saturated heterocycles. The second kappa shape index (κ2) is 6.20. The average molecular weight is 349 g/mol. The highest BCUT2D eigenvalue weighted by molar-refractivity contribution is 9.09. The van der Waals surface area contributed by atoms with Crippen LogP contribution in [0.2, 0.25) is 0 Å². The molecule has 2 fully saturated rings. The van der Waals surface area contributed by atoms with Crippen molar-refractivity contribution in [3.63, 3.8) is 0 Å². The van der Waals surface area contributed by atoms with E-state index < -0.39 is 5.60 Å². The fourth-order valence-corrected chi connectivity index (χ4v) is 2.98. The number of likely N-dealkylation sites (tertiary alicyclic amines) is 1. The number of ether oxygens (including phenoxy) is 2. The van der Waals surface area contributed by atoms with Crippen molar-refractivity contribution in [2.45, 2.75) is 38.4 Å². The van der Waals surface area contributed by atoms with Crippen molar-refractivity contribution in [1.29, 1.82) is 0 Å². The molecule has 1 amide bonds. The van der Waals surface area contributed by atoms with Crippen LogP contribution < -0.4 is 0 Å². The lowest BCUT2D eigenvalue weighted by Gasteiger charge is -2.53. The fourth-order valence-electron chi connectivity index (χ4n) is 2.73. The molecule has 116 valence electrons. The Hall–Kier alpha value is -0.330. The number of amides is 1. The Kier molecular flexibility index (Phi) is 4.97. The van der Waals surface area contributed by atoms with E-state index in [1.54, 1.807) is 4.90 Å². The van der Waals surface area contributed by atoms with Gasteiger partial charge >= 0.3 is 6.09 Å². The molecule has 6 heteroatoms. The van der Waals surface area contributed by atoms with E-state index in [-0.39, 0.29) is 11.7 Å². The fraction of sp³-hybridized carbons (Fsp3) is 0.929. The first-order valence-electron chi connectivity index (χ1n) is 7.24. The number of carbonyl (C=O) groups excluding carboxylic acids is 1. The van der Waals surface area contributed by atoms with Crippen LogP contribution in [0.1, 0.15) is 27.2 Å². The molecular formula is C14H25BrN2O3. The van der Waals surface area contributed by atoms with Crippen molar-refractivity contribution in [3.05, 3.63) is 0 Å². The molecule has 0 atom stereocenters. The van der Waals surface area contributed by atoms with Crippen LogP contribution in [0.5, 0.6) is 0 Å². The maximum atomic E-state index is 12.1. The minimum Gasteiger partial charge on any atom is -0.444 e. The van der Waals surface area contributed by atoms with Gasteiger partial charge in [-0.3, -0.25) is 4.90 Å². The largest absolute Gasteiger partial charge is 0.444 e. The van der Waals surface area contributed by atoms with Gasteiger partial charge in [0.05, 0.1) is 13.2 Å². The summed E-state index contributed by atoms with van der Waals surface area (Å²) in [5, 5.41) is 1.03. The topological polar surface area (TPSA) is 42.0 Å². The Morgan fingerprint density at radius 2 is 2.05 bits per heavy atom. The molecule has 2 rings (SSSR count). The van der Waals surface area contributed by atoms with Gasteiger partial charge in [-0.2, -0.15) is 0 Å². The van der Waals surface area contributed by atoms with E-state index in [0.717, 1.165) is 31.4 Å². The number of rotatable bonds is 3. The molecule has 2 aliphatic heterocycles. The van der Waals surface area contributed by atoms with Gasteiger partial charge in [0.1, 0.15) is 11.2 Å². The van der Waals surface area contributed by atoms with E-state index in [1.807, 2.05) is 20.8 Å². The minimum atomic E-state index is -0.440. The molecule has 0 unspecified atom stereocenters. The van der Waals surface area contributed by atoms with E-state index in [4.69, 9.17) is 9.47 Å². The maximum Gasteiger partial charge on any atom is 0.410 e. The zero-order chi connectivity index (χ0) is 14.8. The Labute approximate surface area is 129 Å². The van der Waals surface area contributed by atoms with Crippen molar-refractivity contribution >= 4 is 22.0 Å². The summed E-state index contributed by atoms with van der Waals surface area (Å²) in [6.45, 7) is 10.5. The number of alkyl halides is 1. The van der Waals surface area contributed by atoms with Crippen LogP contribution in [0.15, 0.2) is 0 Å². The number of hydrogen-bond acceptors (Lipinski definition) is 4. The monoisotopic (exact) mass is 348 g/mol. The van der Waals surface area contributed by atoms with Gasteiger partial charge in [0, 0.05) is 25.0 Å². The van der Waals surface area contributed by atoms with E-state index in [0.29, 0.717) is 19.7 Å². The lowest BCUT2D eigenvalue weighted by molar-refractivity contribution is -0.180. The standard InChI is InChI=1S/C14H25BrN2O3/c1-13(2,3)20-12(18)17-7-8-19-14(11-17)9-16(10-14)6-4-5-15/h4-11H2,1-3H3. The van der Waals surface area contributed by atoms with E-state index in [9.17, 15) is 4.79 Å². The molecule has 0 aliphatic carbocycles. The summed E-state index contributed by atoms with van der Waals surface area (Å²) < 4.78 is 11.4. The number of hydrogen-bond donors (Lipinski definition) is 0. The third-order valence-electron chi connectivity index (χ3n) is 3.53. The van der Waals surface area contributed by atoms with Gasteiger partial charge in [-0.25, -0.2) is 4.79 Å². The molecule has 20 heavy (non-hydrogen) atoms. The molecule has 1 spiro atoms. The van der Waals surface area contributed by atoms with Gasteiger partial charge in [0.15, 0.2) is 0 Å². The summed E-state index contributed by atoms with van der Waals surface area (Å²) in [6, 6.07) is 0. The van der Waals surface area contributed by atoms with Crippen LogP contribution in [0.3, 0.4) is 0 Å². The first-order chi connectivity index (χ1) is 9.34. The third kappa shape index (κ3) is 4.09. The molecule has 0 saturated carbocycles. The van der Waals surface area contributed by atoms with Crippen molar-refractivity contribution in [2.24, 2.45) is 0 Å². The summed E-state index contributed by atoms with van der Waals surface area (Å²) in [5.74, 6) is 0. The van der Waals surface area contributed by atoms with E-state index in [2.05, 4.69) is 20.8 Å². The third-order valence-corrected chi connectivity index (χ3v) is 4.09. The molecule has 2 aliphatic rings. The Balaban J connectivity index is 1.83. The van der Waals surface area contributed by atoms with Crippen LogP contribution in [0.25, 0.3) is 0 Å². The smallest absolute Gasteiger partial charge is 0.410 e. The number of carbonyl (C=O) groups is 1. The van der Waals surface area contributed by atoms with E-state index >= 15 is 0 Å². The Morgan fingerprint density at radius 1 is 1.35 bits per heavy atom. The predicted octanol–water partition coefficient (Wildman–Crippen LogP) is 2.09. The van der Waals surface area contributed by atoms with Crippen LogP contribution in [-0.4, -0.2) is 71.8 Å². The van der Waals surface area contributed by atoms with Crippen LogP contribution in [0.4, 0.5) is 4.79 Å². The van der Waals surface area contributed by atoms with Crippen molar-refractivity contribution in [3.8, 4) is 0 Å². The highest BCUT2D eigenvalue weighted by Gasteiger charge is 2.48. The quantitative estimate of drug-likeness (QED) is 0.732.